The molecule has 0 bridgehead atoms. The molecule has 1 aromatic carbocycles. The summed E-state index contributed by atoms with van der Waals surface area (Å²) in [5.74, 6) is 0.919. The van der Waals surface area contributed by atoms with Gasteiger partial charge in [0.1, 0.15) is 5.82 Å². The predicted octanol–water partition coefficient (Wildman–Crippen LogP) is 2.45. The molecule has 2 rings (SSSR count). The van der Waals surface area contributed by atoms with Crippen LogP contribution in [0.3, 0.4) is 0 Å². The first-order chi connectivity index (χ1) is 8.69. The molecule has 2 N–H and O–H groups in total. The van der Waals surface area contributed by atoms with Crippen molar-refractivity contribution in [2.24, 2.45) is 0 Å². The van der Waals surface area contributed by atoms with E-state index in [-0.39, 0.29) is 0 Å². The standard InChI is InChI=1S/C14H16N4/c1-10(2)16-9-14-17-8-13(18-14)12-5-3-11(7-15)4-6-12/h3-6,8,10,16H,9H2,1-2H3,(H,17,18). The van der Waals surface area contributed by atoms with E-state index in [1.54, 1.807) is 0 Å². The van der Waals surface area contributed by atoms with Crippen molar-refractivity contribution in [1.82, 2.24) is 15.3 Å². The normalized spacial score (nSPS) is 10.6. The van der Waals surface area contributed by atoms with Gasteiger partial charge in [0, 0.05) is 6.04 Å². The summed E-state index contributed by atoms with van der Waals surface area (Å²) in [5, 5.41) is 12.1. The monoisotopic (exact) mass is 240 g/mol. The van der Waals surface area contributed by atoms with Crippen LogP contribution in [0.5, 0.6) is 0 Å². The van der Waals surface area contributed by atoms with Crippen LogP contribution in [-0.2, 0) is 6.54 Å². The van der Waals surface area contributed by atoms with Crippen molar-refractivity contribution >= 4 is 0 Å². The molecule has 0 unspecified atom stereocenters. The van der Waals surface area contributed by atoms with Crippen LogP contribution in [0.25, 0.3) is 11.3 Å². The lowest BCUT2D eigenvalue weighted by Gasteiger charge is -2.04. The third kappa shape index (κ3) is 2.96. The number of aromatic nitrogens is 2. The van der Waals surface area contributed by atoms with E-state index >= 15 is 0 Å². The minimum absolute atomic E-state index is 0.438. The van der Waals surface area contributed by atoms with Gasteiger partial charge in [0.2, 0.25) is 0 Å². The highest BCUT2D eigenvalue weighted by Gasteiger charge is 2.03. The number of hydrogen-bond acceptors (Lipinski definition) is 3. The fourth-order valence-electron chi connectivity index (χ4n) is 1.62. The van der Waals surface area contributed by atoms with Crippen LogP contribution in [-0.4, -0.2) is 16.0 Å². The lowest BCUT2D eigenvalue weighted by atomic mass is 10.1. The molecule has 0 radical (unpaired) electrons. The first-order valence-corrected chi connectivity index (χ1v) is 5.97. The van der Waals surface area contributed by atoms with E-state index < -0.39 is 0 Å². The highest BCUT2D eigenvalue weighted by atomic mass is 15.0. The van der Waals surface area contributed by atoms with Gasteiger partial charge in [0.05, 0.1) is 30.1 Å². The van der Waals surface area contributed by atoms with Crippen molar-refractivity contribution in [2.75, 3.05) is 0 Å². The molecule has 4 nitrogen and oxygen atoms in total. The largest absolute Gasteiger partial charge is 0.341 e. The van der Waals surface area contributed by atoms with E-state index in [1.807, 2.05) is 30.5 Å². The number of nitriles is 1. The molecular weight excluding hydrogens is 224 g/mol. The third-order valence-electron chi connectivity index (χ3n) is 2.63. The number of nitrogens with zero attached hydrogens (tertiary/aromatic N) is 2. The molecular formula is C14H16N4. The molecule has 1 aromatic heterocycles. The summed E-state index contributed by atoms with van der Waals surface area (Å²) in [6.45, 7) is 4.93. The fourth-order valence-corrected chi connectivity index (χ4v) is 1.62. The summed E-state index contributed by atoms with van der Waals surface area (Å²) < 4.78 is 0. The van der Waals surface area contributed by atoms with E-state index in [2.05, 4.69) is 35.2 Å². The van der Waals surface area contributed by atoms with Crippen LogP contribution in [0.15, 0.2) is 30.5 Å². The quantitative estimate of drug-likeness (QED) is 0.862. The zero-order valence-corrected chi connectivity index (χ0v) is 10.6. The van der Waals surface area contributed by atoms with Gasteiger partial charge in [-0.25, -0.2) is 4.98 Å². The van der Waals surface area contributed by atoms with E-state index in [0.717, 1.165) is 23.6 Å². The van der Waals surface area contributed by atoms with Gasteiger partial charge < -0.3 is 10.3 Å². The van der Waals surface area contributed by atoms with Gasteiger partial charge in [-0.05, 0) is 17.7 Å². The fraction of sp³-hybridized carbons (Fsp3) is 0.286. The third-order valence-corrected chi connectivity index (χ3v) is 2.63. The van der Waals surface area contributed by atoms with Crippen molar-refractivity contribution in [1.29, 1.82) is 5.26 Å². The zero-order valence-electron chi connectivity index (χ0n) is 10.6. The maximum atomic E-state index is 8.75. The summed E-state index contributed by atoms with van der Waals surface area (Å²) in [6, 6.07) is 10.0. The van der Waals surface area contributed by atoms with Crippen LogP contribution in [0, 0.1) is 11.3 Å². The SMILES string of the molecule is CC(C)NCc1ncc(-c2ccc(C#N)cc2)[nH]1. The highest BCUT2D eigenvalue weighted by Crippen LogP contribution is 2.17. The number of aromatic amines is 1. The topological polar surface area (TPSA) is 64.5 Å². The minimum atomic E-state index is 0.438. The molecule has 0 saturated heterocycles. The van der Waals surface area contributed by atoms with Crippen LogP contribution >= 0.6 is 0 Å². The Balaban J connectivity index is 2.11. The Morgan fingerprint density at radius 1 is 1.33 bits per heavy atom. The van der Waals surface area contributed by atoms with Gasteiger partial charge in [0.15, 0.2) is 0 Å². The van der Waals surface area contributed by atoms with Crippen LogP contribution in [0.2, 0.25) is 0 Å². The summed E-state index contributed by atoms with van der Waals surface area (Å²) in [7, 11) is 0. The Bertz CT molecular complexity index is 546. The summed E-state index contributed by atoms with van der Waals surface area (Å²) in [6.07, 6.45) is 1.82. The maximum absolute atomic E-state index is 8.75. The number of rotatable bonds is 4. The van der Waals surface area contributed by atoms with Crippen molar-refractivity contribution in [3.63, 3.8) is 0 Å². The van der Waals surface area contributed by atoms with Crippen LogP contribution in [0.1, 0.15) is 25.2 Å². The second kappa shape index (κ2) is 5.48. The minimum Gasteiger partial charge on any atom is -0.341 e. The Kier molecular flexibility index (Phi) is 3.75. The number of hydrogen-bond donors (Lipinski definition) is 2. The van der Waals surface area contributed by atoms with Crippen molar-refractivity contribution in [2.45, 2.75) is 26.4 Å². The Morgan fingerprint density at radius 2 is 2.06 bits per heavy atom. The lowest BCUT2D eigenvalue weighted by molar-refractivity contribution is 0.575. The molecule has 0 spiro atoms. The average Bonchev–Trinajstić information content (AvgIpc) is 2.85. The van der Waals surface area contributed by atoms with Crippen molar-refractivity contribution < 1.29 is 0 Å². The van der Waals surface area contributed by atoms with Gasteiger partial charge in [-0.2, -0.15) is 5.26 Å². The number of H-pyrrole nitrogens is 1. The van der Waals surface area contributed by atoms with Gasteiger partial charge in [-0.1, -0.05) is 26.0 Å². The molecule has 0 aliphatic rings. The second-order valence-corrected chi connectivity index (χ2v) is 4.47. The molecule has 0 fully saturated rings. The molecule has 1 heterocycles. The molecule has 0 amide bonds. The maximum Gasteiger partial charge on any atom is 0.120 e. The first-order valence-electron chi connectivity index (χ1n) is 5.97. The molecule has 2 aromatic rings. The number of imidazole rings is 1. The average molecular weight is 240 g/mol. The van der Waals surface area contributed by atoms with Gasteiger partial charge in [0.25, 0.3) is 0 Å². The summed E-state index contributed by atoms with van der Waals surface area (Å²) in [5.41, 5.74) is 2.68. The molecule has 0 aliphatic heterocycles. The highest BCUT2D eigenvalue weighted by molar-refractivity contribution is 5.59. The molecule has 92 valence electrons. The molecule has 0 aliphatic carbocycles. The number of benzene rings is 1. The predicted molar refractivity (Wildman–Crippen MR) is 70.7 cm³/mol. The van der Waals surface area contributed by atoms with Crippen LogP contribution < -0.4 is 5.32 Å². The summed E-state index contributed by atoms with van der Waals surface area (Å²) >= 11 is 0. The van der Waals surface area contributed by atoms with E-state index in [9.17, 15) is 0 Å². The van der Waals surface area contributed by atoms with Crippen LogP contribution in [0.4, 0.5) is 0 Å². The van der Waals surface area contributed by atoms with Gasteiger partial charge >= 0.3 is 0 Å². The molecule has 0 atom stereocenters. The first kappa shape index (κ1) is 12.3. The van der Waals surface area contributed by atoms with Gasteiger partial charge in [-0.3, -0.25) is 0 Å². The Labute approximate surface area is 107 Å². The lowest BCUT2D eigenvalue weighted by Crippen LogP contribution is -2.22. The van der Waals surface area contributed by atoms with Crippen molar-refractivity contribution in [3.05, 3.63) is 41.9 Å². The zero-order chi connectivity index (χ0) is 13.0. The molecule has 0 saturated carbocycles. The van der Waals surface area contributed by atoms with Crippen molar-refractivity contribution in [3.8, 4) is 17.3 Å². The molecule has 4 heteroatoms. The summed E-state index contributed by atoms with van der Waals surface area (Å²) in [4.78, 5) is 7.59. The van der Waals surface area contributed by atoms with Gasteiger partial charge in [-0.15, -0.1) is 0 Å². The Hall–Kier alpha value is -2.12. The van der Waals surface area contributed by atoms with E-state index in [4.69, 9.17) is 5.26 Å². The Morgan fingerprint density at radius 3 is 2.67 bits per heavy atom. The number of nitrogens with one attached hydrogen (secondary N) is 2. The second-order valence-electron chi connectivity index (χ2n) is 4.47. The smallest absolute Gasteiger partial charge is 0.120 e. The van der Waals surface area contributed by atoms with E-state index in [0.29, 0.717) is 11.6 Å². The van der Waals surface area contributed by atoms with E-state index in [1.165, 1.54) is 0 Å². The molecule has 18 heavy (non-hydrogen) atoms.